The van der Waals surface area contributed by atoms with Gasteiger partial charge in [0.25, 0.3) is 0 Å². The molecule has 3 aromatic rings. The number of hydrogen-bond acceptors (Lipinski definition) is 4. The smallest absolute Gasteiger partial charge is 0.235 e. The van der Waals surface area contributed by atoms with E-state index in [9.17, 15) is 4.79 Å². The van der Waals surface area contributed by atoms with E-state index in [0.717, 1.165) is 46.5 Å². The molecule has 0 spiro atoms. The third-order valence-corrected chi connectivity index (χ3v) is 5.78. The molecule has 5 nitrogen and oxygen atoms in total. The first-order valence-corrected chi connectivity index (χ1v) is 9.80. The molecule has 3 N–H and O–H groups in total. The Morgan fingerprint density at radius 3 is 2.62 bits per heavy atom. The fourth-order valence-corrected chi connectivity index (χ4v) is 3.96. The second-order valence-electron chi connectivity index (χ2n) is 7.55. The standard InChI is InChI=1S/C24H22N2O3/c25-14-17-4-1-2-7-20(17)16-5-3-6-19(12-16)26-23(27)24(10-11-24)18-8-9-21-22(13-18)29-15-28-21/h1-9,12-13H,10-11,14-15,25H2,(H,26,27). The first kappa shape index (κ1) is 17.8. The lowest BCUT2D eigenvalue weighted by Crippen LogP contribution is -2.27. The van der Waals surface area contributed by atoms with E-state index >= 15 is 0 Å². The highest BCUT2D eigenvalue weighted by molar-refractivity contribution is 6.01. The summed E-state index contributed by atoms with van der Waals surface area (Å²) in [5.74, 6) is 1.46. The quantitative estimate of drug-likeness (QED) is 0.689. The van der Waals surface area contributed by atoms with Gasteiger partial charge in [-0.15, -0.1) is 0 Å². The van der Waals surface area contributed by atoms with Crippen molar-refractivity contribution in [1.29, 1.82) is 0 Å². The second-order valence-corrected chi connectivity index (χ2v) is 7.55. The van der Waals surface area contributed by atoms with Gasteiger partial charge in [0.1, 0.15) is 0 Å². The van der Waals surface area contributed by atoms with Crippen molar-refractivity contribution in [2.24, 2.45) is 5.73 Å². The topological polar surface area (TPSA) is 73.6 Å². The van der Waals surface area contributed by atoms with Crippen LogP contribution in [0.25, 0.3) is 11.1 Å². The van der Waals surface area contributed by atoms with E-state index in [2.05, 4.69) is 11.4 Å². The lowest BCUT2D eigenvalue weighted by molar-refractivity contribution is -0.118. The highest BCUT2D eigenvalue weighted by Gasteiger charge is 2.51. The maximum atomic E-state index is 13.2. The van der Waals surface area contributed by atoms with E-state index < -0.39 is 5.41 Å². The molecule has 0 aromatic heterocycles. The summed E-state index contributed by atoms with van der Waals surface area (Å²) in [4.78, 5) is 13.2. The Hall–Kier alpha value is -3.31. The largest absolute Gasteiger partial charge is 0.454 e. The predicted octanol–water partition coefficient (Wildman–Crippen LogP) is 4.21. The SMILES string of the molecule is NCc1ccccc1-c1cccc(NC(=O)C2(c3ccc4c(c3)OCO4)CC2)c1. The van der Waals surface area contributed by atoms with Gasteiger partial charge in [-0.25, -0.2) is 0 Å². The Labute approximate surface area is 169 Å². The average molecular weight is 386 g/mol. The first-order chi connectivity index (χ1) is 14.2. The molecule has 1 fully saturated rings. The van der Waals surface area contributed by atoms with Gasteiger partial charge in [0.15, 0.2) is 11.5 Å². The number of hydrogen-bond donors (Lipinski definition) is 2. The van der Waals surface area contributed by atoms with Gasteiger partial charge in [0.05, 0.1) is 5.41 Å². The second kappa shape index (κ2) is 6.94. The minimum atomic E-state index is -0.494. The fourth-order valence-electron chi connectivity index (χ4n) is 3.96. The molecular formula is C24H22N2O3. The molecule has 146 valence electrons. The van der Waals surface area contributed by atoms with Gasteiger partial charge in [-0.2, -0.15) is 0 Å². The van der Waals surface area contributed by atoms with E-state index in [1.54, 1.807) is 0 Å². The molecule has 2 aliphatic rings. The number of amides is 1. The minimum absolute atomic E-state index is 0.0145. The summed E-state index contributed by atoms with van der Waals surface area (Å²) in [6.07, 6.45) is 1.66. The third kappa shape index (κ3) is 3.13. The molecule has 1 saturated carbocycles. The molecule has 1 aliphatic heterocycles. The number of benzene rings is 3. The van der Waals surface area contributed by atoms with Crippen molar-refractivity contribution in [3.05, 3.63) is 77.9 Å². The van der Waals surface area contributed by atoms with Gasteiger partial charge < -0.3 is 20.5 Å². The summed E-state index contributed by atoms with van der Waals surface area (Å²) in [5, 5.41) is 3.12. The number of nitrogens with one attached hydrogen (secondary N) is 1. The van der Waals surface area contributed by atoms with Crippen LogP contribution in [-0.2, 0) is 16.8 Å². The van der Waals surface area contributed by atoms with Crippen LogP contribution < -0.4 is 20.5 Å². The fraction of sp³-hybridized carbons (Fsp3) is 0.208. The molecule has 1 aliphatic carbocycles. The number of rotatable bonds is 5. The maximum Gasteiger partial charge on any atom is 0.235 e. The van der Waals surface area contributed by atoms with Crippen LogP contribution in [0.15, 0.2) is 66.7 Å². The number of ether oxygens (including phenoxy) is 2. The molecule has 0 unspecified atom stereocenters. The normalized spacial score (nSPS) is 15.8. The molecule has 29 heavy (non-hydrogen) atoms. The van der Waals surface area contributed by atoms with Gasteiger partial charge in [-0.05, 0) is 59.4 Å². The van der Waals surface area contributed by atoms with Crippen LogP contribution in [0.3, 0.4) is 0 Å². The zero-order chi connectivity index (χ0) is 19.8. The molecule has 5 heteroatoms. The van der Waals surface area contributed by atoms with Crippen molar-refractivity contribution >= 4 is 11.6 Å². The summed E-state index contributed by atoms with van der Waals surface area (Å²) < 4.78 is 10.9. The van der Waals surface area contributed by atoms with E-state index in [0.29, 0.717) is 12.3 Å². The highest BCUT2D eigenvalue weighted by Crippen LogP contribution is 2.51. The molecule has 1 amide bonds. The molecule has 5 rings (SSSR count). The van der Waals surface area contributed by atoms with Crippen LogP contribution >= 0.6 is 0 Å². The van der Waals surface area contributed by atoms with Crippen LogP contribution in [0.1, 0.15) is 24.0 Å². The van der Waals surface area contributed by atoms with Crippen LogP contribution in [0.4, 0.5) is 5.69 Å². The number of anilines is 1. The molecule has 0 radical (unpaired) electrons. The summed E-state index contributed by atoms with van der Waals surface area (Å²) in [5.41, 5.74) is 10.4. The molecule has 0 bridgehead atoms. The van der Waals surface area contributed by atoms with Crippen LogP contribution in [-0.4, -0.2) is 12.7 Å². The summed E-state index contributed by atoms with van der Waals surface area (Å²) in [6.45, 7) is 0.703. The van der Waals surface area contributed by atoms with E-state index in [1.807, 2.05) is 60.7 Å². The van der Waals surface area contributed by atoms with Crippen molar-refractivity contribution in [2.45, 2.75) is 24.8 Å². The van der Waals surface area contributed by atoms with Gasteiger partial charge in [-0.3, -0.25) is 4.79 Å². The van der Waals surface area contributed by atoms with Crippen LogP contribution in [0, 0.1) is 0 Å². The Bertz CT molecular complexity index is 1090. The maximum absolute atomic E-state index is 13.2. The number of carbonyl (C=O) groups is 1. The highest BCUT2D eigenvalue weighted by atomic mass is 16.7. The van der Waals surface area contributed by atoms with E-state index in [-0.39, 0.29) is 12.7 Å². The average Bonchev–Trinajstić information content (AvgIpc) is 3.45. The Morgan fingerprint density at radius 2 is 1.79 bits per heavy atom. The third-order valence-electron chi connectivity index (χ3n) is 5.78. The Balaban J connectivity index is 1.40. The number of nitrogens with two attached hydrogens (primary N) is 1. The lowest BCUT2D eigenvalue weighted by Gasteiger charge is -2.17. The Kier molecular flexibility index (Phi) is 4.25. The van der Waals surface area contributed by atoms with Crippen molar-refractivity contribution in [3.63, 3.8) is 0 Å². The van der Waals surface area contributed by atoms with Gasteiger partial charge >= 0.3 is 0 Å². The molecule has 3 aromatic carbocycles. The van der Waals surface area contributed by atoms with E-state index in [1.165, 1.54) is 0 Å². The minimum Gasteiger partial charge on any atom is -0.454 e. The number of fused-ring (bicyclic) bond motifs is 1. The predicted molar refractivity (Wildman–Crippen MR) is 112 cm³/mol. The lowest BCUT2D eigenvalue weighted by atomic mass is 9.94. The first-order valence-electron chi connectivity index (χ1n) is 9.80. The van der Waals surface area contributed by atoms with Crippen LogP contribution in [0.5, 0.6) is 11.5 Å². The van der Waals surface area contributed by atoms with Gasteiger partial charge in [-0.1, -0.05) is 42.5 Å². The van der Waals surface area contributed by atoms with Crippen molar-refractivity contribution in [3.8, 4) is 22.6 Å². The molecule has 1 heterocycles. The molecular weight excluding hydrogens is 364 g/mol. The van der Waals surface area contributed by atoms with E-state index in [4.69, 9.17) is 15.2 Å². The monoisotopic (exact) mass is 386 g/mol. The zero-order valence-electron chi connectivity index (χ0n) is 16.0. The summed E-state index contributed by atoms with van der Waals surface area (Å²) in [6, 6.07) is 21.8. The molecule has 0 atom stereocenters. The summed E-state index contributed by atoms with van der Waals surface area (Å²) in [7, 11) is 0. The van der Waals surface area contributed by atoms with Crippen molar-refractivity contribution in [2.75, 3.05) is 12.1 Å². The van der Waals surface area contributed by atoms with Gasteiger partial charge in [0, 0.05) is 12.2 Å². The number of carbonyl (C=O) groups excluding carboxylic acids is 1. The molecule has 0 saturated heterocycles. The Morgan fingerprint density at radius 1 is 0.966 bits per heavy atom. The van der Waals surface area contributed by atoms with Crippen molar-refractivity contribution in [1.82, 2.24) is 0 Å². The summed E-state index contributed by atoms with van der Waals surface area (Å²) >= 11 is 0. The van der Waals surface area contributed by atoms with Gasteiger partial charge in [0.2, 0.25) is 12.7 Å². The van der Waals surface area contributed by atoms with Crippen LogP contribution in [0.2, 0.25) is 0 Å². The van der Waals surface area contributed by atoms with Crippen molar-refractivity contribution < 1.29 is 14.3 Å². The zero-order valence-corrected chi connectivity index (χ0v) is 16.0.